The second-order valence-corrected chi connectivity index (χ2v) is 26.7. The number of hydrogen-bond donors (Lipinski definition) is 4. The highest BCUT2D eigenvalue weighted by Gasteiger charge is 2.17. The van der Waals surface area contributed by atoms with E-state index < -0.39 is 11.9 Å². The van der Waals surface area contributed by atoms with Gasteiger partial charge in [0.1, 0.15) is 14.6 Å². The number of anilines is 2. The molecule has 87 heavy (non-hydrogen) atoms. The lowest BCUT2D eigenvalue weighted by Crippen LogP contribution is -2.13. The molecular weight excluding hydrogens is 1370 g/mol. The first-order valence-corrected chi connectivity index (χ1v) is 33.3. The van der Waals surface area contributed by atoms with Crippen LogP contribution in [-0.2, 0) is 14.2 Å². The molecule has 25 heteroatoms. The van der Waals surface area contributed by atoms with Gasteiger partial charge in [0, 0.05) is 24.8 Å². The molecular formula is C62H51Br2N5O11S7. The number of carbonyl (C=O) groups excluding carboxylic acids is 4. The van der Waals surface area contributed by atoms with Crippen LogP contribution in [0.25, 0.3) is 51.5 Å². The number of para-hydroxylation sites is 2. The summed E-state index contributed by atoms with van der Waals surface area (Å²) in [7, 11) is 0. The van der Waals surface area contributed by atoms with Crippen molar-refractivity contribution in [2.75, 3.05) is 30.9 Å². The summed E-state index contributed by atoms with van der Waals surface area (Å²) in [5.74, 6) is -3.11. The van der Waals surface area contributed by atoms with Gasteiger partial charge < -0.3 is 35.5 Å². The summed E-state index contributed by atoms with van der Waals surface area (Å²) in [4.78, 5) is 86.2. The molecule has 16 nitrogen and oxygen atoms in total. The van der Waals surface area contributed by atoms with Gasteiger partial charge in [-0.3, -0.25) is 4.79 Å². The Morgan fingerprint density at radius 3 is 1.40 bits per heavy atom. The maximum Gasteiger partial charge on any atom is 0.348 e. The number of carboxylic acids is 2. The highest BCUT2D eigenvalue weighted by Crippen LogP contribution is 2.34. The average Bonchev–Trinajstić information content (AvgIpc) is 4.58. The molecule has 0 atom stereocenters. The fourth-order valence-corrected chi connectivity index (χ4v) is 13.8. The number of nitrogens with two attached hydrogens (primary N) is 1. The van der Waals surface area contributed by atoms with Gasteiger partial charge in [0.2, 0.25) is 0 Å². The number of thiazole rings is 3. The quantitative estimate of drug-likeness (QED) is 0.0504. The van der Waals surface area contributed by atoms with Crippen LogP contribution in [0.2, 0.25) is 0 Å². The molecule has 0 aliphatic rings. The number of halogens is 2. The van der Waals surface area contributed by atoms with E-state index in [1.165, 1.54) is 62.2 Å². The first kappa shape index (κ1) is 66.7. The molecule has 12 aromatic rings. The molecule has 0 unspecified atom stereocenters. The Balaban J connectivity index is 0.000000157. The lowest BCUT2D eigenvalue weighted by Gasteiger charge is -2.06. The number of carboxylic acid groups (broad SMARTS) is 2. The second kappa shape index (κ2) is 33.3. The van der Waals surface area contributed by atoms with E-state index in [0.717, 1.165) is 60.0 Å². The predicted molar refractivity (Wildman–Crippen MR) is 361 cm³/mol. The zero-order valence-electron chi connectivity index (χ0n) is 46.4. The van der Waals surface area contributed by atoms with Crippen LogP contribution in [0.3, 0.4) is 0 Å². The zero-order valence-corrected chi connectivity index (χ0v) is 55.3. The minimum atomic E-state index is -1.08. The largest absolute Gasteiger partial charge is 0.478 e. The number of benzene rings is 5. The molecule has 1 amide bonds. The van der Waals surface area contributed by atoms with Crippen LogP contribution in [0.4, 0.5) is 11.4 Å². The Labute approximate surface area is 543 Å². The standard InChI is InChI=1S/C19H12N2O3S2.C14H11NO2S2.C8H10O2S.C7H4BrNS.C7H7BrO2S.C7H7NO2/c22-18(21-13-4-2-1-3-12(13)19(23)24)16-8-7-15(26-16)11-5-6-14-17(9-11)25-10-20-14;1-2-17-14(16)12-6-5-11(19-12)9-3-4-10-13(7-9)18-8-15-10;1-3-10-8(9)7-5-4-6(2)11-7;8-5-1-2-6-7(3-5)10-4-9-6;1-2-10-7(9)5-3-4-6(8)11-5;8-6-4-2-1-3-5(6)7(9)10/h1-10H,(H,21,22)(H,23,24);3-8H,2H2,1H3;4-5H,3H2,1-2H3;1-4H;3-4H,2H2,1H3;1-4H,8H2,(H,9,10). The fraction of sp³-hybridized carbons (Fsp3) is 0.113. The van der Waals surface area contributed by atoms with Crippen LogP contribution in [0.15, 0.2) is 176 Å². The van der Waals surface area contributed by atoms with Crippen LogP contribution in [-0.4, -0.2) is 80.7 Å². The van der Waals surface area contributed by atoms with Crippen molar-refractivity contribution in [1.29, 1.82) is 0 Å². The van der Waals surface area contributed by atoms with Crippen LogP contribution < -0.4 is 11.1 Å². The number of nitrogen functional groups attached to an aromatic ring is 1. The van der Waals surface area contributed by atoms with E-state index in [4.69, 9.17) is 25.1 Å². The molecule has 0 bridgehead atoms. The van der Waals surface area contributed by atoms with Gasteiger partial charge in [-0.05, 0) is 170 Å². The van der Waals surface area contributed by atoms with Gasteiger partial charge in [-0.15, -0.1) is 79.4 Å². The maximum absolute atomic E-state index is 12.5. The van der Waals surface area contributed by atoms with E-state index in [9.17, 15) is 33.9 Å². The maximum atomic E-state index is 12.5. The topological polar surface area (TPSA) is 247 Å². The highest BCUT2D eigenvalue weighted by atomic mass is 79.9. The van der Waals surface area contributed by atoms with Gasteiger partial charge >= 0.3 is 29.8 Å². The van der Waals surface area contributed by atoms with Crippen molar-refractivity contribution in [3.8, 4) is 20.9 Å². The van der Waals surface area contributed by atoms with E-state index in [0.29, 0.717) is 45.0 Å². The molecule has 0 radical (unpaired) electrons. The number of carbonyl (C=O) groups is 6. The number of thiophene rings is 4. The van der Waals surface area contributed by atoms with Crippen molar-refractivity contribution < 1.29 is 53.2 Å². The fourth-order valence-electron chi connectivity index (χ4n) is 7.29. The molecule has 0 spiro atoms. The number of hydrogen-bond acceptors (Lipinski definition) is 20. The normalized spacial score (nSPS) is 10.3. The smallest absolute Gasteiger partial charge is 0.348 e. The van der Waals surface area contributed by atoms with Gasteiger partial charge in [-0.1, -0.05) is 52.3 Å². The molecule has 7 heterocycles. The van der Waals surface area contributed by atoms with Crippen molar-refractivity contribution in [1.82, 2.24) is 15.0 Å². The molecule has 0 saturated heterocycles. The Morgan fingerprint density at radius 2 is 0.931 bits per heavy atom. The van der Waals surface area contributed by atoms with Crippen LogP contribution in [0, 0.1) is 6.92 Å². The third-order valence-electron chi connectivity index (χ3n) is 11.3. The number of aromatic carboxylic acids is 2. The van der Waals surface area contributed by atoms with E-state index in [1.807, 2.05) is 97.1 Å². The molecule has 446 valence electrons. The predicted octanol–water partition coefficient (Wildman–Crippen LogP) is 18.1. The van der Waals surface area contributed by atoms with E-state index in [1.54, 1.807) is 102 Å². The molecule has 12 rings (SSSR count). The van der Waals surface area contributed by atoms with Crippen molar-refractivity contribution in [3.63, 3.8) is 0 Å². The lowest BCUT2D eigenvalue weighted by atomic mass is 10.1. The first-order valence-electron chi connectivity index (χ1n) is 25.8. The third-order valence-corrected chi connectivity index (χ3v) is 19.0. The molecule has 0 aliphatic heterocycles. The molecule has 5 aromatic carbocycles. The molecule has 5 N–H and O–H groups in total. The molecule has 0 saturated carbocycles. The number of ether oxygens (including phenoxy) is 3. The Kier molecular flexibility index (Phi) is 25.5. The zero-order chi connectivity index (χ0) is 62.4. The molecule has 0 fully saturated rings. The summed E-state index contributed by atoms with van der Waals surface area (Å²) < 4.78 is 20.1. The van der Waals surface area contributed by atoms with Gasteiger partial charge in [0.25, 0.3) is 5.91 Å². The second-order valence-electron chi connectivity index (χ2n) is 17.2. The summed E-state index contributed by atoms with van der Waals surface area (Å²) in [6, 6.07) is 45.6. The number of nitrogens with one attached hydrogen (secondary N) is 1. The SMILES string of the molecule is Brc1ccc2ncsc2c1.CCOC(=O)c1ccc(-c2ccc3ncsc3c2)s1.CCOC(=O)c1ccc(Br)s1.CCOC(=O)c1ccc(C)s1.Nc1ccccc1C(=O)O.O=C(Nc1ccccc1C(=O)O)c1ccc(-c2ccc3ncsc3c2)s1. The van der Waals surface area contributed by atoms with E-state index in [2.05, 4.69) is 70.3 Å². The average molecular weight is 1430 g/mol. The minimum absolute atomic E-state index is 0.0632. The Bertz CT molecular complexity index is 4240. The first-order chi connectivity index (χ1) is 41.9. The summed E-state index contributed by atoms with van der Waals surface area (Å²) >= 11 is 17.2. The number of aromatic nitrogens is 3. The number of amides is 1. The number of aryl methyl sites for hydroxylation is 1. The number of nitrogens with zero attached hydrogens (tertiary/aromatic N) is 3. The summed E-state index contributed by atoms with van der Waals surface area (Å²) in [6.45, 7) is 8.64. The van der Waals surface area contributed by atoms with Crippen molar-refractivity contribution in [2.24, 2.45) is 0 Å². The molecule has 0 aliphatic carbocycles. The van der Waals surface area contributed by atoms with Gasteiger partial charge in [-0.25, -0.2) is 38.9 Å². The van der Waals surface area contributed by atoms with Crippen LogP contribution >= 0.6 is 111 Å². The van der Waals surface area contributed by atoms with Crippen molar-refractivity contribution in [2.45, 2.75) is 27.7 Å². The Morgan fingerprint density at radius 1 is 0.494 bits per heavy atom. The van der Waals surface area contributed by atoms with Gasteiger partial charge in [0.15, 0.2) is 0 Å². The van der Waals surface area contributed by atoms with Crippen LogP contribution in [0.5, 0.6) is 0 Å². The minimum Gasteiger partial charge on any atom is -0.478 e. The monoisotopic (exact) mass is 1420 g/mol. The third kappa shape index (κ3) is 19.6. The molecule has 7 aromatic heterocycles. The van der Waals surface area contributed by atoms with Gasteiger partial charge in [-0.2, -0.15) is 0 Å². The van der Waals surface area contributed by atoms with Crippen molar-refractivity contribution >= 4 is 189 Å². The summed E-state index contributed by atoms with van der Waals surface area (Å²) in [5.41, 5.74) is 16.8. The van der Waals surface area contributed by atoms with Crippen LogP contribution in [0.1, 0.15) is 85.1 Å². The highest BCUT2D eigenvalue weighted by molar-refractivity contribution is 9.11. The van der Waals surface area contributed by atoms with E-state index >= 15 is 0 Å². The van der Waals surface area contributed by atoms with Crippen molar-refractivity contribution in [3.05, 3.63) is 212 Å². The number of esters is 3. The number of rotatable bonds is 12. The Hall–Kier alpha value is -7.85. The lowest BCUT2D eigenvalue weighted by molar-refractivity contribution is 0.0522. The number of fused-ring (bicyclic) bond motifs is 3. The van der Waals surface area contributed by atoms with Gasteiger partial charge in [0.05, 0.1) is 92.5 Å². The summed E-state index contributed by atoms with van der Waals surface area (Å²) in [6.07, 6.45) is 0. The summed E-state index contributed by atoms with van der Waals surface area (Å²) in [5, 5.41) is 20.4. The van der Waals surface area contributed by atoms with E-state index in [-0.39, 0.29) is 40.6 Å².